The fraction of sp³-hybridized carbons (Fsp3) is 0.625. The zero-order valence-corrected chi connectivity index (χ0v) is 12.9. The smallest absolute Gasteiger partial charge is 0.163 e. The summed E-state index contributed by atoms with van der Waals surface area (Å²) < 4.78 is 10.7. The zero-order chi connectivity index (χ0) is 14.5. The summed E-state index contributed by atoms with van der Waals surface area (Å²) in [7, 11) is 3.37. The molecule has 1 aliphatic heterocycles. The number of rotatable bonds is 5. The molecule has 1 fully saturated rings. The Balaban J connectivity index is 2.22. The summed E-state index contributed by atoms with van der Waals surface area (Å²) in [5.41, 5.74) is 5.47. The van der Waals surface area contributed by atoms with Crippen molar-refractivity contribution in [3.8, 4) is 11.5 Å². The predicted octanol–water partition coefficient (Wildman–Crippen LogP) is 0.302. The van der Waals surface area contributed by atoms with Gasteiger partial charge >= 0.3 is 0 Å². The highest BCUT2D eigenvalue weighted by atomic mass is 16.5. The molecule has 0 amide bonds. The van der Waals surface area contributed by atoms with Crippen LogP contribution < -0.4 is 20.1 Å². The van der Waals surface area contributed by atoms with Gasteiger partial charge in [0.2, 0.25) is 0 Å². The van der Waals surface area contributed by atoms with Crippen molar-refractivity contribution in [3.63, 3.8) is 0 Å². The molecule has 0 aliphatic carbocycles. The van der Waals surface area contributed by atoms with Crippen molar-refractivity contribution in [2.75, 3.05) is 33.9 Å². The topological polar surface area (TPSA) is 50.5 Å². The molecule has 1 unspecified atom stereocenters. The molecule has 4 nitrogen and oxygen atoms in total. The van der Waals surface area contributed by atoms with E-state index in [1.54, 1.807) is 19.1 Å². The summed E-state index contributed by atoms with van der Waals surface area (Å²) >= 11 is 0. The molecule has 0 spiro atoms. The summed E-state index contributed by atoms with van der Waals surface area (Å²) in [4.78, 5) is 1.66. The minimum absolute atomic E-state index is 0.456. The molecule has 0 aromatic heterocycles. The molecule has 0 bridgehead atoms. The van der Waals surface area contributed by atoms with E-state index in [9.17, 15) is 0 Å². The van der Waals surface area contributed by atoms with Gasteiger partial charge < -0.3 is 20.1 Å². The number of ether oxygens (including phenoxy) is 2. The van der Waals surface area contributed by atoms with Crippen LogP contribution in [0.1, 0.15) is 31.4 Å². The van der Waals surface area contributed by atoms with Gasteiger partial charge in [-0.05, 0) is 31.0 Å². The second kappa shape index (κ2) is 6.95. The molecule has 1 aromatic rings. The Morgan fingerprint density at radius 3 is 2.65 bits per heavy atom. The van der Waals surface area contributed by atoms with Gasteiger partial charge in [-0.1, -0.05) is 6.92 Å². The summed E-state index contributed by atoms with van der Waals surface area (Å²) in [6.07, 6.45) is 2.68. The lowest BCUT2D eigenvalue weighted by molar-refractivity contribution is -0.945. The fourth-order valence-corrected chi connectivity index (χ4v) is 3.32. The summed E-state index contributed by atoms with van der Waals surface area (Å²) in [6.45, 7) is 5.76. The van der Waals surface area contributed by atoms with Crippen molar-refractivity contribution in [1.82, 2.24) is 0 Å². The second-order valence-corrected chi connectivity index (χ2v) is 5.82. The molecule has 2 rings (SSSR count). The molecule has 1 saturated heterocycles. The first-order valence-corrected chi connectivity index (χ1v) is 7.55. The van der Waals surface area contributed by atoms with E-state index in [-0.39, 0.29) is 0 Å². The van der Waals surface area contributed by atoms with Crippen molar-refractivity contribution >= 4 is 0 Å². The maximum atomic E-state index is 5.43. The highest BCUT2D eigenvalue weighted by Crippen LogP contribution is 2.29. The second-order valence-electron chi connectivity index (χ2n) is 5.82. The van der Waals surface area contributed by atoms with Crippen LogP contribution in [-0.4, -0.2) is 33.9 Å². The highest BCUT2D eigenvalue weighted by Gasteiger charge is 2.29. The third kappa shape index (κ3) is 3.25. The monoisotopic (exact) mass is 280 g/mol. The number of methoxy groups -OCH3 is 2. The normalized spacial score (nSPS) is 24.2. The molecule has 1 aromatic carbocycles. The maximum absolute atomic E-state index is 5.43. The van der Waals surface area contributed by atoms with E-state index in [0.29, 0.717) is 6.04 Å². The van der Waals surface area contributed by atoms with E-state index in [1.807, 2.05) is 6.07 Å². The van der Waals surface area contributed by atoms with E-state index < -0.39 is 0 Å². The van der Waals surface area contributed by atoms with Gasteiger partial charge in [0.15, 0.2) is 17.5 Å². The Labute approximate surface area is 121 Å². The van der Waals surface area contributed by atoms with Crippen molar-refractivity contribution in [2.45, 2.75) is 25.8 Å². The lowest BCUT2D eigenvalue weighted by Crippen LogP contribution is -3.15. The lowest BCUT2D eigenvalue weighted by atomic mass is 9.96. The van der Waals surface area contributed by atoms with Crippen LogP contribution in [-0.2, 0) is 0 Å². The van der Waals surface area contributed by atoms with Gasteiger partial charge in [0.1, 0.15) is 6.54 Å². The van der Waals surface area contributed by atoms with Gasteiger partial charge in [0.25, 0.3) is 0 Å². The number of benzene rings is 1. The molecular weight excluding hydrogens is 252 g/mol. The maximum Gasteiger partial charge on any atom is 0.163 e. The predicted molar refractivity (Wildman–Crippen MR) is 79.1 cm³/mol. The molecule has 4 heteroatoms. The molecule has 20 heavy (non-hydrogen) atoms. The lowest BCUT2D eigenvalue weighted by Gasteiger charge is -2.33. The van der Waals surface area contributed by atoms with Gasteiger partial charge in [-0.25, -0.2) is 0 Å². The Bertz CT molecular complexity index is 436. The van der Waals surface area contributed by atoms with E-state index in [2.05, 4.69) is 24.8 Å². The number of likely N-dealkylation sites (tertiary alicyclic amines) is 1. The number of piperidine rings is 1. The Kier molecular flexibility index (Phi) is 5.26. The Morgan fingerprint density at radius 1 is 1.30 bits per heavy atom. The van der Waals surface area contributed by atoms with Crippen LogP contribution in [0.25, 0.3) is 0 Å². The zero-order valence-electron chi connectivity index (χ0n) is 12.9. The van der Waals surface area contributed by atoms with Crippen LogP contribution in [0.2, 0.25) is 0 Å². The fourth-order valence-electron chi connectivity index (χ4n) is 3.32. The van der Waals surface area contributed by atoms with Crippen LogP contribution in [0.5, 0.6) is 11.5 Å². The third-order valence-electron chi connectivity index (χ3n) is 4.40. The average molecular weight is 280 g/mol. The minimum atomic E-state index is 0.456. The van der Waals surface area contributed by atoms with Gasteiger partial charge in [-0.15, -0.1) is 0 Å². The molecule has 4 N–H and O–H groups in total. The first kappa shape index (κ1) is 15.1. The first-order valence-electron chi connectivity index (χ1n) is 7.55. The van der Waals surface area contributed by atoms with Crippen molar-refractivity contribution in [2.24, 2.45) is 5.92 Å². The van der Waals surface area contributed by atoms with E-state index in [0.717, 1.165) is 24.0 Å². The number of hydrogen-bond acceptors (Lipinski definition) is 2. The molecule has 0 radical (unpaired) electrons. The van der Waals surface area contributed by atoms with Gasteiger partial charge in [-0.2, -0.15) is 0 Å². The Morgan fingerprint density at radius 2 is 2.05 bits per heavy atom. The average Bonchev–Trinajstić information content (AvgIpc) is 2.48. The number of nitrogens with one attached hydrogen (secondary N) is 1. The molecule has 1 heterocycles. The molecular formula is C16H28N2O2+2. The van der Waals surface area contributed by atoms with E-state index in [4.69, 9.17) is 9.47 Å². The highest BCUT2D eigenvalue weighted by molar-refractivity contribution is 5.43. The first-order chi connectivity index (χ1) is 9.69. The SMILES string of the molecule is COc1ccc([C@H](C[NH3+])[NH+]2CCC[C@H](C)C2)cc1OC. The van der Waals surface area contributed by atoms with E-state index >= 15 is 0 Å². The van der Waals surface area contributed by atoms with Crippen molar-refractivity contribution < 1.29 is 20.1 Å². The summed E-state index contributed by atoms with van der Waals surface area (Å²) in [5.74, 6) is 2.42. The molecule has 0 saturated carbocycles. The quantitative estimate of drug-likeness (QED) is 0.815. The van der Waals surface area contributed by atoms with E-state index in [1.165, 1.54) is 31.5 Å². The van der Waals surface area contributed by atoms with Crippen LogP contribution in [0, 0.1) is 5.92 Å². The number of hydrogen-bond donors (Lipinski definition) is 2. The summed E-state index contributed by atoms with van der Waals surface area (Å²) in [6, 6.07) is 6.73. The summed E-state index contributed by atoms with van der Waals surface area (Å²) in [5, 5.41) is 0. The molecule has 1 aliphatic rings. The van der Waals surface area contributed by atoms with Crippen LogP contribution in [0.15, 0.2) is 18.2 Å². The van der Waals surface area contributed by atoms with Crippen LogP contribution >= 0.6 is 0 Å². The molecule has 112 valence electrons. The Hall–Kier alpha value is -1.26. The molecule has 3 atom stereocenters. The van der Waals surface area contributed by atoms with Crippen molar-refractivity contribution in [3.05, 3.63) is 23.8 Å². The third-order valence-corrected chi connectivity index (χ3v) is 4.40. The largest absolute Gasteiger partial charge is 0.493 e. The van der Waals surface area contributed by atoms with Gasteiger partial charge in [-0.3, -0.25) is 0 Å². The van der Waals surface area contributed by atoms with Crippen LogP contribution in [0.4, 0.5) is 0 Å². The van der Waals surface area contributed by atoms with Gasteiger partial charge in [0.05, 0.1) is 27.3 Å². The number of quaternary nitrogens is 2. The minimum Gasteiger partial charge on any atom is -0.493 e. The van der Waals surface area contributed by atoms with Gasteiger partial charge in [0, 0.05) is 11.5 Å². The van der Waals surface area contributed by atoms with Crippen LogP contribution in [0.3, 0.4) is 0 Å². The standard InChI is InChI=1S/C16H26N2O2/c1-12-5-4-8-18(11-12)14(10-17)13-6-7-15(19-2)16(9-13)20-3/h6-7,9,12,14H,4-5,8,10-11,17H2,1-3H3/p+2/t12-,14-/m0/s1. The van der Waals surface area contributed by atoms with Crippen molar-refractivity contribution in [1.29, 1.82) is 0 Å².